The van der Waals surface area contributed by atoms with Gasteiger partial charge in [-0.15, -0.1) is 0 Å². The molecule has 7 nitrogen and oxygen atoms in total. The number of methoxy groups -OCH3 is 1. The molecule has 0 aliphatic carbocycles. The van der Waals surface area contributed by atoms with Crippen molar-refractivity contribution in [1.82, 2.24) is 4.57 Å². The smallest absolute Gasteiger partial charge is 0.338 e. The fourth-order valence-electron chi connectivity index (χ4n) is 4.38. The summed E-state index contributed by atoms with van der Waals surface area (Å²) in [4.78, 5) is 31.9. The van der Waals surface area contributed by atoms with Crippen LogP contribution in [0.2, 0.25) is 10.0 Å². The Morgan fingerprint density at radius 1 is 1.16 bits per heavy atom. The maximum atomic E-state index is 13.8. The van der Waals surface area contributed by atoms with Gasteiger partial charge >= 0.3 is 5.97 Å². The molecule has 0 saturated heterocycles. The van der Waals surface area contributed by atoms with E-state index in [1.54, 1.807) is 63.4 Å². The molecule has 194 valence electrons. The summed E-state index contributed by atoms with van der Waals surface area (Å²) >= 11 is 13.7. The maximum absolute atomic E-state index is 13.8. The quantitative estimate of drug-likeness (QED) is 0.292. The van der Waals surface area contributed by atoms with Crippen LogP contribution in [0.25, 0.3) is 17.4 Å². The van der Waals surface area contributed by atoms with E-state index in [0.29, 0.717) is 53.5 Å². The van der Waals surface area contributed by atoms with E-state index >= 15 is 0 Å². The second kappa shape index (κ2) is 10.6. The van der Waals surface area contributed by atoms with E-state index in [0.717, 1.165) is 0 Å². The Morgan fingerprint density at radius 3 is 2.71 bits per heavy atom. The van der Waals surface area contributed by atoms with Crippen LogP contribution in [-0.2, 0) is 9.53 Å². The Labute approximate surface area is 231 Å². The summed E-state index contributed by atoms with van der Waals surface area (Å²) in [7, 11) is 1.55. The largest absolute Gasteiger partial charge is 0.496 e. The van der Waals surface area contributed by atoms with Crippen LogP contribution in [0.1, 0.15) is 31.2 Å². The molecule has 0 saturated carbocycles. The Kier molecular flexibility index (Phi) is 7.29. The summed E-state index contributed by atoms with van der Waals surface area (Å²) in [6, 6.07) is 15.3. The predicted octanol–water partition coefficient (Wildman–Crippen LogP) is 5.37. The molecule has 38 heavy (non-hydrogen) atoms. The maximum Gasteiger partial charge on any atom is 0.338 e. The van der Waals surface area contributed by atoms with Crippen molar-refractivity contribution in [2.24, 2.45) is 4.99 Å². The molecule has 0 spiro atoms. The van der Waals surface area contributed by atoms with Gasteiger partial charge in [-0.05, 0) is 44.2 Å². The van der Waals surface area contributed by atoms with Gasteiger partial charge in [0.1, 0.15) is 23.3 Å². The van der Waals surface area contributed by atoms with Crippen molar-refractivity contribution in [3.8, 4) is 17.1 Å². The first kappa shape index (κ1) is 26.0. The average Bonchev–Trinajstić information content (AvgIpc) is 3.49. The summed E-state index contributed by atoms with van der Waals surface area (Å²) in [6.07, 6.45) is 1.65. The van der Waals surface area contributed by atoms with E-state index < -0.39 is 12.0 Å². The van der Waals surface area contributed by atoms with Crippen molar-refractivity contribution in [2.75, 3.05) is 13.7 Å². The lowest BCUT2D eigenvalue weighted by molar-refractivity contribution is -0.139. The lowest BCUT2D eigenvalue weighted by Gasteiger charge is -2.25. The highest BCUT2D eigenvalue weighted by atomic mass is 35.5. The second-order valence-electron chi connectivity index (χ2n) is 8.35. The molecule has 5 rings (SSSR count). The molecule has 2 aromatic carbocycles. The van der Waals surface area contributed by atoms with Gasteiger partial charge in [0.15, 0.2) is 4.80 Å². The lowest BCUT2D eigenvalue weighted by atomic mass is 9.95. The van der Waals surface area contributed by atoms with Gasteiger partial charge in [-0.25, -0.2) is 9.79 Å². The van der Waals surface area contributed by atoms with Gasteiger partial charge in [0.25, 0.3) is 5.56 Å². The van der Waals surface area contributed by atoms with Crippen LogP contribution in [-0.4, -0.2) is 24.3 Å². The molecule has 2 aromatic heterocycles. The number of carbonyl (C=O) groups is 1. The van der Waals surface area contributed by atoms with E-state index in [4.69, 9.17) is 37.1 Å². The normalized spacial score (nSPS) is 15.3. The number of furan rings is 1. The Balaban J connectivity index is 1.67. The van der Waals surface area contributed by atoms with Crippen molar-refractivity contribution < 1.29 is 18.7 Å². The van der Waals surface area contributed by atoms with Crippen LogP contribution in [0.4, 0.5) is 0 Å². The van der Waals surface area contributed by atoms with Crippen molar-refractivity contribution in [1.29, 1.82) is 0 Å². The zero-order valence-electron chi connectivity index (χ0n) is 20.7. The highest BCUT2D eigenvalue weighted by Gasteiger charge is 2.35. The highest BCUT2D eigenvalue weighted by Crippen LogP contribution is 2.36. The summed E-state index contributed by atoms with van der Waals surface area (Å²) in [5.41, 5.74) is 1.73. The van der Waals surface area contributed by atoms with E-state index in [1.807, 2.05) is 18.2 Å². The zero-order chi connectivity index (χ0) is 27.0. The van der Waals surface area contributed by atoms with Crippen LogP contribution in [0.3, 0.4) is 0 Å². The molecule has 0 N–H and O–H groups in total. The van der Waals surface area contributed by atoms with Gasteiger partial charge in [0.2, 0.25) is 0 Å². The Hall–Kier alpha value is -3.59. The van der Waals surface area contributed by atoms with Crippen LogP contribution >= 0.6 is 34.5 Å². The topological polar surface area (TPSA) is 83.0 Å². The number of para-hydroxylation sites is 1. The summed E-state index contributed by atoms with van der Waals surface area (Å²) in [6.45, 7) is 3.66. The number of rotatable bonds is 6. The number of aromatic nitrogens is 1. The number of thiazole rings is 1. The van der Waals surface area contributed by atoms with E-state index in [9.17, 15) is 9.59 Å². The van der Waals surface area contributed by atoms with E-state index in [2.05, 4.69) is 4.99 Å². The third-order valence-electron chi connectivity index (χ3n) is 6.07. The van der Waals surface area contributed by atoms with Gasteiger partial charge in [-0.3, -0.25) is 9.36 Å². The third-order valence-corrected chi connectivity index (χ3v) is 7.87. The Morgan fingerprint density at radius 2 is 1.95 bits per heavy atom. The number of fused-ring (bicyclic) bond motifs is 1. The number of benzene rings is 2. The number of halogens is 2. The average molecular weight is 569 g/mol. The molecule has 1 aliphatic rings. The Bertz CT molecular complexity index is 1770. The van der Waals surface area contributed by atoms with E-state index in [1.165, 1.54) is 15.9 Å². The third kappa shape index (κ3) is 4.60. The number of hydrogen-bond acceptors (Lipinski definition) is 7. The van der Waals surface area contributed by atoms with E-state index in [-0.39, 0.29) is 17.7 Å². The summed E-state index contributed by atoms with van der Waals surface area (Å²) in [5.74, 6) is 0.978. The van der Waals surface area contributed by atoms with Crippen LogP contribution in [0.15, 0.2) is 80.1 Å². The summed E-state index contributed by atoms with van der Waals surface area (Å²) < 4.78 is 18.8. The van der Waals surface area contributed by atoms with Crippen LogP contribution in [0, 0.1) is 0 Å². The SMILES string of the molecule is CCOC(=O)C1=C(C)N=c2s/c(=C\c3ccc(-c4cccc(Cl)c4Cl)o3)c(=O)n2[C@@H]1c1ccccc1OC. The first-order valence-electron chi connectivity index (χ1n) is 11.7. The fourth-order valence-corrected chi connectivity index (χ4v) is 5.80. The van der Waals surface area contributed by atoms with Crippen LogP contribution < -0.4 is 19.6 Å². The fraction of sp³-hybridized carbons (Fsp3) is 0.179. The monoisotopic (exact) mass is 568 g/mol. The first-order valence-corrected chi connectivity index (χ1v) is 13.3. The molecule has 3 heterocycles. The number of carbonyl (C=O) groups excluding carboxylic acids is 1. The summed E-state index contributed by atoms with van der Waals surface area (Å²) in [5, 5.41) is 0.799. The van der Waals surface area contributed by atoms with Crippen LogP contribution in [0.5, 0.6) is 5.75 Å². The second-order valence-corrected chi connectivity index (χ2v) is 10.1. The van der Waals surface area contributed by atoms with Gasteiger partial charge in [-0.1, -0.05) is 58.8 Å². The van der Waals surface area contributed by atoms with Crippen molar-refractivity contribution >= 4 is 46.6 Å². The minimum Gasteiger partial charge on any atom is -0.496 e. The van der Waals surface area contributed by atoms with Gasteiger partial charge in [-0.2, -0.15) is 0 Å². The standard InChI is InChI=1S/C28H22Cl2N2O5S/c1-4-36-27(34)23-15(2)31-28-32(25(23)18-8-5-6-11-20(18)35-3)26(33)22(38-28)14-16-12-13-21(37-16)17-9-7-10-19(29)24(17)30/h5-14,25H,4H2,1-3H3/b22-14-/t25-/m1/s1. The molecule has 10 heteroatoms. The van der Waals surface area contributed by atoms with Crippen molar-refractivity contribution in [3.63, 3.8) is 0 Å². The molecule has 0 amide bonds. The highest BCUT2D eigenvalue weighted by molar-refractivity contribution is 7.07. The van der Waals surface area contributed by atoms with Gasteiger partial charge < -0.3 is 13.9 Å². The molecule has 1 atom stereocenters. The lowest BCUT2D eigenvalue weighted by Crippen LogP contribution is -2.40. The van der Waals surface area contributed by atoms with Crippen molar-refractivity contribution in [3.05, 3.63) is 107 Å². The molecule has 1 aliphatic heterocycles. The molecule has 0 fully saturated rings. The molecule has 0 bridgehead atoms. The number of ether oxygens (including phenoxy) is 2. The first-order chi connectivity index (χ1) is 18.3. The predicted molar refractivity (Wildman–Crippen MR) is 148 cm³/mol. The number of esters is 1. The van der Waals surface area contributed by atoms with Gasteiger partial charge in [0, 0.05) is 17.2 Å². The zero-order valence-corrected chi connectivity index (χ0v) is 23.0. The number of nitrogens with zero attached hydrogens (tertiary/aromatic N) is 2. The molecular formula is C28H22Cl2N2O5S. The molecular weight excluding hydrogens is 547 g/mol. The number of allylic oxidation sites excluding steroid dienone is 1. The minimum atomic E-state index is -0.777. The minimum absolute atomic E-state index is 0.191. The molecule has 4 aromatic rings. The molecule has 0 unspecified atom stereocenters. The van der Waals surface area contributed by atoms with Crippen molar-refractivity contribution in [2.45, 2.75) is 19.9 Å². The van der Waals surface area contributed by atoms with Gasteiger partial charge in [0.05, 0.1) is 39.6 Å². The number of hydrogen-bond donors (Lipinski definition) is 0. The molecule has 0 radical (unpaired) electrons.